The largest absolute Gasteiger partial charge is 0.464 e. The lowest BCUT2D eigenvalue weighted by atomic mass is 10.0. The number of amides is 2. The molecule has 0 fully saturated rings. The van der Waals surface area contributed by atoms with Gasteiger partial charge in [-0.3, -0.25) is 14.3 Å². The molecule has 0 bridgehead atoms. The minimum Gasteiger partial charge on any atom is -0.464 e. The number of hydrogen-bond donors (Lipinski definition) is 2. The first-order valence-corrected chi connectivity index (χ1v) is 12.5. The Kier molecular flexibility index (Phi) is 5.88. The second-order valence-corrected chi connectivity index (χ2v) is 9.81. The Morgan fingerprint density at radius 2 is 1.90 bits per heavy atom. The number of alkyl halides is 3. The lowest BCUT2D eigenvalue weighted by Crippen LogP contribution is -2.17. The topological polar surface area (TPSA) is 129 Å². The number of hydrogen-bond acceptors (Lipinski definition) is 7. The fraction of sp³-hybridized carbons (Fsp3) is 0.0741. The van der Waals surface area contributed by atoms with Gasteiger partial charge in [-0.05, 0) is 30.3 Å². The Hall–Kier alpha value is -5.04. The first-order valence-electron chi connectivity index (χ1n) is 11.7. The number of thiophene rings is 1. The molecule has 0 aliphatic carbocycles. The van der Waals surface area contributed by atoms with E-state index in [-0.39, 0.29) is 37.7 Å². The maximum absolute atomic E-state index is 13.8. The third-order valence-electron chi connectivity index (χ3n) is 6.16. The summed E-state index contributed by atoms with van der Waals surface area (Å²) in [6, 6.07) is 12.4. The highest BCUT2D eigenvalue weighted by molar-refractivity contribution is 7.21. The summed E-state index contributed by atoms with van der Waals surface area (Å²) in [4.78, 5) is 34.3. The van der Waals surface area contributed by atoms with Gasteiger partial charge in [0.25, 0.3) is 11.8 Å². The number of carbonyl (C=O) groups excluding carboxylic acids is 2. The fourth-order valence-corrected chi connectivity index (χ4v) is 5.42. The maximum Gasteiger partial charge on any atom is 0.433 e. The van der Waals surface area contributed by atoms with Crippen molar-refractivity contribution in [2.24, 2.45) is 12.8 Å². The van der Waals surface area contributed by atoms with Crippen molar-refractivity contribution in [3.8, 4) is 22.6 Å². The zero-order chi connectivity index (χ0) is 28.2. The number of aromatic nitrogens is 4. The molecule has 0 aliphatic rings. The minimum atomic E-state index is -4.77. The number of aryl methyl sites for hydroxylation is 1. The van der Waals surface area contributed by atoms with Crippen molar-refractivity contribution >= 4 is 50.0 Å². The molecule has 0 unspecified atom stereocenters. The average Bonchev–Trinajstić information content (AvgIpc) is 3.67. The van der Waals surface area contributed by atoms with Crippen LogP contribution in [0.1, 0.15) is 25.7 Å². The number of pyridine rings is 2. The summed E-state index contributed by atoms with van der Waals surface area (Å²) in [6.07, 6.45) is -0.113. The highest BCUT2D eigenvalue weighted by Gasteiger charge is 2.35. The van der Waals surface area contributed by atoms with Gasteiger partial charge in [-0.25, -0.2) is 9.97 Å². The third kappa shape index (κ3) is 4.35. The van der Waals surface area contributed by atoms with Crippen molar-refractivity contribution < 1.29 is 27.2 Å². The molecule has 6 rings (SSSR count). The van der Waals surface area contributed by atoms with Gasteiger partial charge in [0.2, 0.25) is 0 Å². The van der Waals surface area contributed by atoms with Crippen LogP contribution in [0.2, 0.25) is 0 Å². The van der Waals surface area contributed by atoms with Gasteiger partial charge in [0, 0.05) is 35.1 Å². The molecular formula is C27H17F3N6O3S. The van der Waals surface area contributed by atoms with Crippen molar-refractivity contribution in [3.63, 3.8) is 0 Å². The zero-order valence-corrected chi connectivity index (χ0v) is 21.3. The number of rotatable bonds is 5. The Morgan fingerprint density at radius 1 is 1.10 bits per heavy atom. The SMILES string of the molecule is Cn1cc(-c2cc(C(=O)Nc3c(C(N)=O)sc4nc(C(F)(F)F)cc(-c5ccco5)c34)c3ccccc3n2)cn1. The molecular weight excluding hydrogens is 545 g/mol. The van der Waals surface area contributed by atoms with Crippen LogP contribution in [0.15, 0.2) is 71.6 Å². The molecule has 0 spiro atoms. The quantitative estimate of drug-likeness (QED) is 0.270. The second-order valence-electron chi connectivity index (χ2n) is 8.81. The van der Waals surface area contributed by atoms with E-state index in [1.165, 1.54) is 18.4 Å². The van der Waals surface area contributed by atoms with Crippen LogP contribution in [0.25, 0.3) is 43.7 Å². The summed E-state index contributed by atoms with van der Waals surface area (Å²) >= 11 is 0.652. The number of furan rings is 1. The van der Waals surface area contributed by atoms with Crippen molar-refractivity contribution in [1.82, 2.24) is 19.7 Å². The maximum atomic E-state index is 13.8. The highest BCUT2D eigenvalue weighted by atomic mass is 32.1. The van der Waals surface area contributed by atoms with Crippen LogP contribution >= 0.6 is 11.3 Å². The van der Waals surface area contributed by atoms with Gasteiger partial charge >= 0.3 is 6.18 Å². The van der Waals surface area contributed by atoms with E-state index >= 15 is 0 Å². The molecule has 0 saturated heterocycles. The first kappa shape index (κ1) is 25.2. The fourth-order valence-electron chi connectivity index (χ4n) is 4.41. The van der Waals surface area contributed by atoms with Crippen LogP contribution in [0.4, 0.5) is 18.9 Å². The van der Waals surface area contributed by atoms with Crippen LogP contribution in [-0.2, 0) is 13.2 Å². The summed E-state index contributed by atoms with van der Waals surface area (Å²) in [5.74, 6) is -1.47. The molecule has 3 N–H and O–H groups in total. The number of fused-ring (bicyclic) bond motifs is 2. The second kappa shape index (κ2) is 9.31. The Labute approximate surface area is 227 Å². The molecule has 9 nitrogen and oxygen atoms in total. The lowest BCUT2D eigenvalue weighted by molar-refractivity contribution is -0.140. The van der Waals surface area contributed by atoms with E-state index in [2.05, 4.69) is 20.4 Å². The molecule has 2 amide bonds. The van der Waals surface area contributed by atoms with Gasteiger partial charge in [0.05, 0.1) is 34.9 Å². The van der Waals surface area contributed by atoms with Gasteiger partial charge in [0.15, 0.2) is 0 Å². The number of nitrogens with two attached hydrogens (primary N) is 1. The number of benzene rings is 1. The van der Waals surface area contributed by atoms with Crippen molar-refractivity contribution in [2.75, 3.05) is 5.32 Å². The number of nitrogens with one attached hydrogen (secondary N) is 1. The predicted molar refractivity (Wildman–Crippen MR) is 143 cm³/mol. The van der Waals surface area contributed by atoms with Crippen LogP contribution in [0, 0.1) is 0 Å². The van der Waals surface area contributed by atoms with Crippen molar-refractivity contribution in [2.45, 2.75) is 6.18 Å². The van der Waals surface area contributed by atoms with Gasteiger partial charge < -0.3 is 15.5 Å². The third-order valence-corrected chi connectivity index (χ3v) is 7.26. The zero-order valence-electron chi connectivity index (χ0n) is 20.5. The molecule has 0 aliphatic heterocycles. The summed E-state index contributed by atoms with van der Waals surface area (Å²) in [5.41, 5.74) is 6.27. The van der Waals surface area contributed by atoms with Gasteiger partial charge in [-0.15, -0.1) is 11.3 Å². The predicted octanol–water partition coefficient (Wildman–Crippen LogP) is 5.88. The van der Waals surface area contributed by atoms with E-state index in [9.17, 15) is 22.8 Å². The average molecular weight is 563 g/mol. The molecule has 200 valence electrons. The molecule has 5 heterocycles. The molecule has 40 heavy (non-hydrogen) atoms. The summed E-state index contributed by atoms with van der Waals surface area (Å²) < 4.78 is 48.1. The Bertz CT molecular complexity index is 1940. The normalized spacial score (nSPS) is 11.8. The monoisotopic (exact) mass is 562 g/mol. The van der Waals surface area contributed by atoms with Crippen LogP contribution in [-0.4, -0.2) is 31.6 Å². The number of carbonyl (C=O) groups is 2. The van der Waals surface area contributed by atoms with E-state index in [0.29, 0.717) is 33.5 Å². The summed E-state index contributed by atoms with van der Waals surface area (Å²) in [5, 5.41) is 7.51. The first-order chi connectivity index (χ1) is 19.1. The van der Waals surface area contributed by atoms with Crippen LogP contribution in [0.3, 0.4) is 0 Å². The molecule has 0 saturated carbocycles. The lowest BCUT2D eigenvalue weighted by Gasteiger charge is -2.12. The van der Waals surface area contributed by atoms with Crippen LogP contribution in [0.5, 0.6) is 0 Å². The standard InChI is InChI=1S/C27H17F3N6O3S/c1-36-12-13(11-32-36)18-9-15(14-5-2-3-6-17(14)33-18)25(38)35-22-21-16(19-7-4-8-39-19)10-20(27(28,29)30)34-26(21)40-23(22)24(31)37/h2-12H,1H3,(H2,31,37)(H,35,38). The summed E-state index contributed by atoms with van der Waals surface area (Å²) in [7, 11) is 1.75. The number of para-hydroxylation sites is 1. The van der Waals surface area contributed by atoms with E-state index in [1.54, 1.807) is 54.5 Å². The van der Waals surface area contributed by atoms with Gasteiger partial charge in [-0.1, -0.05) is 18.2 Å². The Morgan fingerprint density at radius 3 is 2.58 bits per heavy atom. The van der Waals surface area contributed by atoms with E-state index < -0.39 is 23.7 Å². The summed E-state index contributed by atoms with van der Waals surface area (Å²) in [6.45, 7) is 0. The number of primary amides is 1. The van der Waals surface area contributed by atoms with Gasteiger partial charge in [-0.2, -0.15) is 18.3 Å². The molecule has 5 aromatic heterocycles. The highest BCUT2D eigenvalue weighted by Crippen LogP contribution is 2.44. The molecule has 0 radical (unpaired) electrons. The number of nitrogens with zero attached hydrogens (tertiary/aromatic N) is 4. The van der Waals surface area contributed by atoms with E-state index in [4.69, 9.17) is 10.2 Å². The van der Waals surface area contributed by atoms with E-state index in [1.807, 2.05) is 0 Å². The Balaban J connectivity index is 1.55. The smallest absolute Gasteiger partial charge is 0.433 e. The number of anilines is 1. The van der Waals surface area contributed by atoms with Crippen LogP contribution < -0.4 is 11.1 Å². The molecule has 13 heteroatoms. The van der Waals surface area contributed by atoms with Crippen molar-refractivity contribution in [1.29, 1.82) is 0 Å². The van der Waals surface area contributed by atoms with E-state index in [0.717, 1.165) is 6.07 Å². The van der Waals surface area contributed by atoms with Crippen molar-refractivity contribution in [3.05, 3.63) is 83.3 Å². The van der Waals surface area contributed by atoms with Gasteiger partial charge in [0.1, 0.15) is 21.2 Å². The minimum absolute atomic E-state index is 0.00277. The molecule has 0 atom stereocenters. The molecule has 6 aromatic rings. The molecule has 1 aromatic carbocycles. The number of halogens is 3.